The third-order valence-corrected chi connectivity index (χ3v) is 4.71. The maximum absolute atomic E-state index is 12.2. The number of nitrogens with one attached hydrogen (secondary N) is 1. The summed E-state index contributed by atoms with van der Waals surface area (Å²) in [4.78, 5) is 12.2. The Balaban J connectivity index is 1.52. The number of hydrogen-bond acceptors (Lipinski definition) is 2. The quantitative estimate of drug-likeness (QED) is 0.551. The molecule has 0 fully saturated rings. The van der Waals surface area contributed by atoms with E-state index in [1.54, 1.807) is 0 Å². The topological polar surface area (TPSA) is 38.3 Å². The Morgan fingerprint density at radius 3 is 2.30 bits per heavy atom. The normalized spacial score (nSPS) is 10.6. The van der Waals surface area contributed by atoms with E-state index in [1.165, 1.54) is 0 Å². The second-order valence-corrected chi connectivity index (χ2v) is 7.25. The van der Waals surface area contributed by atoms with Crippen molar-refractivity contribution < 1.29 is 9.53 Å². The van der Waals surface area contributed by atoms with Gasteiger partial charge < -0.3 is 10.1 Å². The molecule has 0 atom stereocenters. The standard InChI is InChI=1S/C23H22BrNO2/c24-22-12-6-9-19(13-22)14-23(26)25-15-20-10-4-5-11-21(20)17-27-16-18-7-2-1-3-8-18/h1-13H,14-17H2,(H,25,26). The molecular weight excluding hydrogens is 402 g/mol. The first kappa shape index (κ1) is 19.3. The third kappa shape index (κ3) is 6.35. The molecule has 0 aliphatic heterocycles. The van der Waals surface area contributed by atoms with E-state index in [9.17, 15) is 4.79 Å². The average Bonchev–Trinajstić information content (AvgIpc) is 2.68. The fourth-order valence-electron chi connectivity index (χ4n) is 2.81. The molecule has 4 heteroatoms. The Kier molecular flexibility index (Phi) is 7.19. The largest absolute Gasteiger partial charge is 0.372 e. The summed E-state index contributed by atoms with van der Waals surface area (Å²) in [5.41, 5.74) is 4.31. The maximum atomic E-state index is 12.2. The van der Waals surface area contributed by atoms with Gasteiger partial charge in [-0.1, -0.05) is 82.7 Å². The van der Waals surface area contributed by atoms with Crippen LogP contribution in [-0.2, 0) is 35.7 Å². The van der Waals surface area contributed by atoms with Crippen molar-refractivity contribution in [1.82, 2.24) is 5.32 Å². The zero-order valence-electron chi connectivity index (χ0n) is 15.0. The molecule has 27 heavy (non-hydrogen) atoms. The van der Waals surface area contributed by atoms with Crippen LogP contribution in [0.15, 0.2) is 83.3 Å². The van der Waals surface area contributed by atoms with Gasteiger partial charge in [0.15, 0.2) is 0 Å². The van der Waals surface area contributed by atoms with Crippen molar-refractivity contribution >= 4 is 21.8 Å². The fraction of sp³-hybridized carbons (Fsp3) is 0.174. The zero-order valence-corrected chi connectivity index (χ0v) is 16.6. The lowest BCUT2D eigenvalue weighted by atomic mass is 10.1. The smallest absolute Gasteiger partial charge is 0.224 e. The number of benzene rings is 3. The summed E-state index contributed by atoms with van der Waals surface area (Å²) in [7, 11) is 0. The molecule has 3 nitrogen and oxygen atoms in total. The van der Waals surface area contributed by atoms with E-state index in [-0.39, 0.29) is 5.91 Å². The summed E-state index contributed by atoms with van der Waals surface area (Å²) in [5.74, 6) is 0.00751. The Morgan fingerprint density at radius 2 is 1.52 bits per heavy atom. The molecular formula is C23H22BrNO2. The lowest BCUT2D eigenvalue weighted by Gasteiger charge is -2.12. The Morgan fingerprint density at radius 1 is 0.815 bits per heavy atom. The van der Waals surface area contributed by atoms with Crippen LogP contribution in [0.3, 0.4) is 0 Å². The molecule has 0 unspecified atom stereocenters. The minimum absolute atomic E-state index is 0.00751. The van der Waals surface area contributed by atoms with E-state index >= 15 is 0 Å². The summed E-state index contributed by atoms with van der Waals surface area (Å²) in [6.45, 7) is 1.59. The number of rotatable bonds is 8. The highest BCUT2D eigenvalue weighted by Gasteiger charge is 2.07. The predicted octanol–water partition coefficient (Wildman–Crippen LogP) is 5.02. The fourth-order valence-corrected chi connectivity index (χ4v) is 3.26. The van der Waals surface area contributed by atoms with Crippen molar-refractivity contribution in [1.29, 1.82) is 0 Å². The minimum Gasteiger partial charge on any atom is -0.372 e. The number of carbonyl (C=O) groups is 1. The SMILES string of the molecule is O=C(Cc1cccc(Br)c1)NCc1ccccc1COCc1ccccc1. The Bertz CT molecular complexity index is 880. The van der Waals surface area contributed by atoms with Gasteiger partial charge in [0, 0.05) is 11.0 Å². The van der Waals surface area contributed by atoms with E-state index in [0.717, 1.165) is 26.7 Å². The molecule has 0 saturated heterocycles. The second-order valence-electron chi connectivity index (χ2n) is 6.33. The predicted molar refractivity (Wildman–Crippen MR) is 111 cm³/mol. The summed E-state index contributed by atoms with van der Waals surface area (Å²) >= 11 is 3.43. The first-order valence-electron chi connectivity index (χ1n) is 8.90. The molecule has 0 spiro atoms. The van der Waals surface area contributed by atoms with Gasteiger partial charge in [-0.2, -0.15) is 0 Å². The van der Waals surface area contributed by atoms with E-state index in [4.69, 9.17) is 4.74 Å². The van der Waals surface area contributed by atoms with Gasteiger partial charge in [0.05, 0.1) is 19.6 Å². The van der Waals surface area contributed by atoms with Gasteiger partial charge in [-0.3, -0.25) is 4.79 Å². The number of amides is 1. The molecule has 3 aromatic rings. The lowest BCUT2D eigenvalue weighted by molar-refractivity contribution is -0.120. The zero-order chi connectivity index (χ0) is 18.9. The molecule has 1 N–H and O–H groups in total. The number of carbonyl (C=O) groups excluding carboxylic acids is 1. The molecule has 0 aromatic heterocycles. The first-order chi connectivity index (χ1) is 13.2. The third-order valence-electron chi connectivity index (χ3n) is 4.22. The van der Waals surface area contributed by atoms with Crippen molar-refractivity contribution in [3.05, 3.63) is 106 Å². The Labute approximate surface area is 168 Å². The Hall–Kier alpha value is -2.43. The molecule has 3 rings (SSSR count). The van der Waals surface area contributed by atoms with Crippen LogP contribution in [0.2, 0.25) is 0 Å². The molecule has 3 aromatic carbocycles. The highest BCUT2D eigenvalue weighted by Crippen LogP contribution is 2.13. The van der Waals surface area contributed by atoms with E-state index in [0.29, 0.717) is 26.2 Å². The molecule has 0 saturated carbocycles. The number of halogens is 1. The number of ether oxygens (including phenoxy) is 1. The molecule has 0 radical (unpaired) electrons. The van der Waals surface area contributed by atoms with Crippen LogP contribution in [-0.4, -0.2) is 5.91 Å². The van der Waals surface area contributed by atoms with E-state index < -0.39 is 0 Å². The van der Waals surface area contributed by atoms with Gasteiger partial charge in [0.1, 0.15) is 0 Å². The van der Waals surface area contributed by atoms with Gasteiger partial charge in [-0.05, 0) is 34.4 Å². The lowest BCUT2D eigenvalue weighted by Crippen LogP contribution is -2.25. The van der Waals surface area contributed by atoms with Crippen molar-refractivity contribution in [2.75, 3.05) is 0 Å². The van der Waals surface area contributed by atoms with E-state index in [1.807, 2.05) is 78.9 Å². The average molecular weight is 424 g/mol. The highest BCUT2D eigenvalue weighted by atomic mass is 79.9. The summed E-state index contributed by atoms with van der Waals surface area (Å²) in [6.07, 6.45) is 0.367. The molecule has 0 bridgehead atoms. The van der Waals surface area contributed by atoms with Crippen LogP contribution in [0.25, 0.3) is 0 Å². The van der Waals surface area contributed by atoms with Crippen LogP contribution < -0.4 is 5.32 Å². The second kappa shape index (κ2) is 10.0. The van der Waals surface area contributed by atoms with Crippen LogP contribution >= 0.6 is 15.9 Å². The summed E-state index contributed by atoms with van der Waals surface area (Å²) in [5, 5.41) is 3.01. The van der Waals surface area contributed by atoms with Gasteiger partial charge >= 0.3 is 0 Å². The van der Waals surface area contributed by atoms with Gasteiger partial charge in [-0.15, -0.1) is 0 Å². The summed E-state index contributed by atoms with van der Waals surface area (Å²) in [6, 6.07) is 26.0. The van der Waals surface area contributed by atoms with E-state index in [2.05, 4.69) is 21.2 Å². The molecule has 0 heterocycles. The number of hydrogen-bond donors (Lipinski definition) is 1. The van der Waals surface area contributed by atoms with Crippen LogP contribution in [0.5, 0.6) is 0 Å². The van der Waals surface area contributed by atoms with Crippen LogP contribution in [0.1, 0.15) is 22.3 Å². The van der Waals surface area contributed by atoms with Crippen molar-refractivity contribution in [2.45, 2.75) is 26.2 Å². The van der Waals surface area contributed by atoms with Crippen LogP contribution in [0.4, 0.5) is 0 Å². The summed E-state index contributed by atoms with van der Waals surface area (Å²) < 4.78 is 6.82. The monoisotopic (exact) mass is 423 g/mol. The first-order valence-corrected chi connectivity index (χ1v) is 9.69. The molecule has 1 amide bonds. The molecule has 138 valence electrons. The maximum Gasteiger partial charge on any atom is 0.224 e. The molecule has 0 aliphatic rings. The van der Waals surface area contributed by atoms with Gasteiger partial charge in [0.25, 0.3) is 0 Å². The van der Waals surface area contributed by atoms with Gasteiger partial charge in [0.2, 0.25) is 5.91 Å². The van der Waals surface area contributed by atoms with Crippen molar-refractivity contribution in [3.8, 4) is 0 Å². The van der Waals surface area contributed by atoms with Crippen molar-refractivity contribution in [2.24, 2.45) is 0 Å². The van der Waals surface area contributed by atoms with Crippen molar-refractivity contribution in [3.63, 3.8) is 0 Å². The van der Waals surface area contributed by atoms with Gasteiger partial charge in [-0.25, -0.2) is 0 Å². The highest BCUT2D eigenvalue weighted by molar-refractivity contribution is 9.10. The molecule has 0 aliphatic carbocycles. The minimum atomic E-state index is 0.00751. The van der Waals surface area contributed by atoms with Crippen LogP contribution in [0, 0.1) is 0 Å².